The number of aromatic nitrogens is 1. The quantitative estimate of drug-likeness (QED) is 0.572. The molecule has 6 heteroatoms. The molecule has 0 radical (unpaired) electrons. The van der Waals surface area contributed by atoms with Gasteiger partial charge in [-0.1, -0.05) is 23.5 Å². The minimum absolute atomic E-state index is 0. The van der Waals surface area contributed by atoms with Crippen LogP contribution in [0.5, 0.6) is 0 Å². The van der Waals surface area contributed by atoms with Crippen LogP contribution in [0.3, 0.4) is 0 Å². The summed E-state index contributed by atoms with van der Waals surface area (Å²) in [6, 6.07) is 8.06. The molecule has 0 aliphatic rings. The lowest BCUT2D eigenvalue weighted by molar-refractivity contribution is -0.676. The number of fused-ring (bicyclic) bond motifs is 1. The summed E-state index contributed by atoms with van der Waals surface area (Å²) in [6.45, 7) is 0. The zero-order chi connectivity index (χ0) is 10.8. The number of aliphatic carboxylic acids is 1. The molecule has 1 heterocycles. The van der Waals surface area contributed by atoms with Crippen molar-refractivity contribution in [2.75, 3.05) is 5.75 Å². The Bertz CT molecular complexity index is 512. The lowest BCUT2D eigenvalue weighted by atomic mass is 10.3. The van der Waals surface area contributed by atoms with Gasteiger partial charge in [0.2, 0.25) is 5.52 Å². The normalized spacial score (nSPS) is 10.1. The molecule has 2 aromatic rings. The van der Waals surface area contributed by atoms with Crippen LogP contribution in [0, 0.1) is 0 Å². The summed E-state index contributed by atoms with van der Waals surface area (Å²) >= 11 is 2.99. The number of aryl methyl sites for hydroxylation is 1. The molecule has 2 rings (SSSR count). The lowest BCUT2D eigenvalue weighted by Crippen LogP contribution is -3.00. The Labute approximate surface area is 108 Å². The maximum absolute atomic E-state index is 10.5. The van der Waals surface area contributed by atoms with Gasteiger partial charge >= 0.3 is 5.97 Å². The zero-order valence-electron chi connectivity index (χ0n) is 8.51. The van der Waals surface area contributed by atoms with Gasteiger partial charge in [-0.05, 0) is 17.8 Å². The number of hydrogen-bond acceptors (Lipinski definition) is 3. The minimum Gasteiger partial charge on any atom is -1.00 e. The molecular formula is C10H10ClNO2S2. The number of halogens is 1. The van der Waals surface area contributed by atoms with Gasteiger partial charge in [-0.2, -0.15) is 4.57 Å². The SMILES string of the molecule is C[n+]1c(SCC(=O)O)sc2ccccc21.[Cl-]. The van der Waals surface area contributed by atoms with E-state index in [1.54, 1.807) is 11.3 Å². The van der Waals surface area contributed by atoms with Crippen molar-refractivity contribution in [3.8, 4) is 0 Å². The van der Waals surface area contributed by atoms with Crippen LogP contribution in [0.4, 0.5) is 0 Å². The highest BCUT2D eigenvalue weighted by molar-refractivity contribution is 8.01. The van der Waals surface area contributed by atoms with Crippen molar-refractivity contribution < 1.29 is 26.9 Å². The van der Waals surface area contributed by atoms with Crippen molar-refractivity contribution >= 4 is 39.3 Å². The Hall–Kier alpha value is -0.780. The van der Waals surface area contributed by atoms with Gasteiger partial charge in [-0.3, -0.25) is 4.79 Å². The monoisotopic (exact) mass is 275 g/mol. The van der Waals surface area contributed by atoms with E-state index in [2.05, 4.69) is 0 Å². The average Bonchev–Trinajstić information content (AvgIpc) is 2.54. The standard InChI is InChI=1S/C10H9NO2S2.ClH/c1-11-7-4-2-3-5-8(7)15-10(11)14-6-9(12)13;/h2-5H,6H2,1H3;1H. The number of thiazole rings is 1. The smallest absolute Gasteiger partial charge is 0.314 e. The Morgan fingerprint density at radius 1 is 1.50 bits per heavy atom. The van der Waals surface area contributed by atoms with Crippen molar-refractivity contribution in [3.05, 3.63) is 24.3 Å². The predicted molar refractivity (Wildman–Crippen MR) is 61.4 cm³/mol. The summed E-state index contributed by atoms with van der Waals surface area (Å²) in [5, 5.41) is 8.62. The average molecular weight is 276 g/mol. The highest BCUT2D eigenvalue weighted by atomic mass is 35.5. The van der Waals surface area contributed by atoms with E-state index >= 15 is 0 Å². The number of hydrogen-bond donors (Lipinski definition) is 1. The largest absolute Gasteiger partial charge is 1.00 e. The summed E-state index contributed by atoms with van der Waals surface area (Å²) in [6.07, 6.45) is 0. The maximum Gasteiger partial charge on any atom is 0.314 e. The number of rotatable bonds is 3. The van der Waals surface area contributed by atoms with Crippen LogP contribution in [0.1, 0.15) is 0 Å². The molecule has 0 bridgehead atoms. The van der Waals surface area contributed by atoms with Gasteiger partial charge in [0, 0.05) is 6.07 Å². The van der Waals surface area contributed by atoms with Crippen LogP contribution in [-0.4, -0.2) is 16.8 Å². The van der Waals surface area contributed by atoms with E-state index in [1.165, 1.54) is 16.5 Å². The Morgan fingerprint density at radius 3 is 2.81 bits per heavy atom. The third-order valence-electron chi connectivity index (χ3n) is 2.02. The summed E-state index contributed by atoms with van der Waals surface area (Å²) < 4.78 is 4.25. The third kappa shape index (κ3) is 2.66. The minimum atomic E-state index is -0.780. The number of para-hydroxylation sites is 1. The van der Waals surface area contributed by atoms with Gasteiger partial charge in [0.05, 0.1) is 0 Å². The first-order valence-electron chi connectivity index (χ1n) is 4.40. The summed E-state index contributed by atoms with van der Waals surface area (Å²) in [5.74, 6) is -0.668. The Balaban J connectivity index is 0.00000128. The fourth-order valence-electron chi connectivity index (χ4n) is 1.33. The van der Waals surface area contributed by atoms with Crippen LogP contribution in [0.2, 0.25) is 0 Å². The number of thioether (sulfide) groups is 1. The molecular weight excluding hydrogens is 266 g/mol. The number of carboxylic acid groups (broad SMARTS) is 1. The molecule has 0 aliphatic heterocycles. The molecule has 0 fully saturated rings. The molecule has 1 N–H and O–H groups in total. The molecule has 1 aromatic carbocycles. The number of benzene rings is 1. The number of nitrogens with zero attached hydrogens (tertiary/aromatic N) is 1. The van der Waals surface area contributed by atoms with E-state index in [9.17, 15) is 4.79 Å². The van der Waals surface area contributed by atoms with Gasteiger partial charge in [-0.25, -0.2) is 0 Å². The molecule has 0 aliphatic carbocycles. The van der Waals surface area contributed by atoms with Crippen LogP contribution in [0.15, 0.2) is 28.6 Å². The van der Waals surface area contributed by atoms with Gasteiger partial charge in [-0.15, -0.1) is 0 Å². The fourth-order valence-corrected chi connectivity index (χ4v) is 3.43. The molecule has 0 atom stereocenters. The number of carbonyl (C=O) groups is 1. The highest BCUT2D eigenvalue weighted by Crippen LogP contribution is 2.26. The summed E-state index contributed by atoms with van der Waals surface area (Å²) in [7, 11) is 1.96. The second-order valence-corrected chi connectivity index (χ2v) is 5.33. The van der Waals surface area contributed by atoms with Crippen molar-refractivity contribution in [3.63, 3.8) is 0 Å². The van der Waals surface area contributed by atoms with E-state index < -0.39 is 5.97 Å². The maximum atomic E-state index is 10.5. The topological polar surface area (TPSA) is 41.2 Å². The van der Waals surface area contributed by atoms with Gasteiger partial charge in [0.1, 0.15) is 17.5 Å². The zero-order valence-corrected chi connectivity index (χ0v) is 10.9. The van der Waals surface area contributed by atoms with Gasteiger partial charge in [0.15, 0.2) is 0 Å². The van der Waals surface area contributed by atoms with E-state index in [0.717, 1.165) is 9.86 Å². The second-order valence-electron chi connectivity index (χ2n) is 3.08. The molecule has 0 spiro atoms. The summed E-state index contributed by atoms with van der Waals surface area (Å²) in [4.78, 5) is 10.5. The Kier molecular flexibility index (Phi) is 4.58. The first-order chi connectivity index (χ1) is 7.18. The van der Waals surface area contributed by atoms with Crippen molar-refractivity contribution in [1.82, 2.24) is 0 Å². The van der Waals surface area contributed by atoms with Crippen molar-refractivity contribution in [1.29, 1.82) is 0 Å². The van der Waals surface area contributed by atoms with E-state index in [-0.39, 0.29) is 18.2 Å². The lowest BCUT2D eigenvalue weighted by Gasteiger charge is -1.89. The van der Waals surface area contributed by atoms with Crippen molar-refractivity contribution in [2.24, 2.45) is 7.05 Å². The van der Waals surface area contributed by atoms with E-state index in [0.29, 0.717) is 0 Å². The molecule has 86 valence electrons. The van der Waals surface area contributed by atoms with E-state index in [4.69, 9.17) is 5.11 Å². The molecule has 0 unspecified atom stereocenters. The molecule has 1 aromatic heterocycles. The number of carboxylic acids is 1. The highest BCUT2D eigenvalue weighted by Gasteiger charge is 2.17. The summed E-state index contributed by atoms with van der Waals surface area (Å²) in [5.41, 5.74) is 1.15. The van der Waals surface area contributed by atoms with Crippen LogP contribution >= 0.6 is 23.1 Å². The van der Waals surface area contributed by atoms with Crippen LogP contribution < -0.4 is 17.0 Å². The fraction of sp³-hybridized carbons (Fsp3) is 0.200. The first-order valence-corrected chi connectivity index (χ1v) is 6.21. The predicted octanol–water partition coefficient (Wildman–Crippen LogP) is -1.09. The second kappa shape index (κ2) is 5.52. The molecule has 0 amide bonds. The first kappa shape index (κ1) is 13.3. The van der Waals surface area contributed by atoms with Gasteiger partial charge < -0.3 is 17.5 Å². The molecule has 0 saturated carbocycles. The van der Waals surface area contributed by atoms with Crippen LogP contribution in [-0.2, 0) is 11.8 Å². The molecule has 0 saturated heterocycles. The van der Waals surface area contributed by atoms with Crippen molar-refractivity contribution in [2.45, 2.75) is 4.34 Å². The van der Waals surface area contributed by atoms with Gasteiger partial charge in [0.25, 0.3) is 4.34 Å². The molecule has 3 nitrogen and oxygen atoms in total. The van der Waals surface area contributed by atoms with E-state index in [1.807, 2.05) is 35.9 Å². The molecule has 16 heavy (non-hydrogen) atoms. The Morgan fingerprint density at radius 2 is 2.19 bits per heavy atom. The third-order valence-corrected chi connectivity index (χ3v) is 4.55. The van der Waals surface area contributed by atoms with Crippen LogP contribution in [0.25, 0.3) is 10.2 Å².